The zero-order valence-electron chi connectivity index (χ0n) is 17.7. The first-order valence-electron chi connectivity index (χ1n) is 10.8. The standard InChI is InChI=1S/C25H21F2N3O3/c26-19-8-6-17(7-9-19)22-13-23(33-29-22)25(31)30-10-2-4-18(15-30)24-28-14-21(32-24)12-16-3-1-5-20(27)11-16/h1,3,5-9,11,13-14,18H,2,4,10,12,15H2/t18-/m0/s1. The molecule has 0 spiro atoms. The first kappa shape index (κ1) is 21.1. The molecule has 5 rings (SSSR count). The highest BCUT2D eigenvalue weighted by Gasteiger charge is 2.30. The van der Waals surface area contributed by atoms with Crippen LogP contribution < -0.4 is 0 Å². The topological polar surface area (TPSA) is 72.4 Å². The Kier molecular flexibility index (Phi) is 5.73. The van der Waals surface area contributed by atoms with Crippen molar-refractivity contribution in [2.24, 2.45) is 0 Å². The summed E-state index contributed by atoms with van der Waals surface area (Å²) in [6.45, 7) is 1.05. The minimum atomic E-state index is -0.344. The molecule has 0 bridgehead atoms. The van der Waals surface area contributed by atoms with Crippen molar-refractivity contribution in [3.8, 4) is 11.3 Å². The minimum absolute atomic E-state index is 0.0385. The third kappa shape index (κ3) is 4.69. The second-order valence-corrected chi connectivity index (χ2v) is 8.15. The molecular weight excluding hydrogens is 428 g/mol. The molecule has 0 unspecified atom stereocenters. The number of rotatable bonds is 5. The number of carbonyl (C=O) groups excluding carboxylic acids is 1. The van der Waals surface area contributed by atoms with Gasteiger partial charge in [-0.1, -0.05) is 17.3 Å². The summed E-state index contributed by atoms with van der Waals surface area (Å²) in [6, 6.07) is 13.8. The number of piperidine rings is 1. The van der Waals surface area contributed by atoms with Crippen LogP contribution in [-0.4, -0.2) is 34.0 Å². The van der Waals surface area contributed by atoms with Gasteiger partial charge in [0.05, 0.1) is 12.1 Å². The van der Waals surface area contributed by atoms with Crippen LogP contribution in [0.15, 0.2) is 69.7 Å². The molecule has 8 heteroatoms. The summed E-state index contributed by atoms with van der Waals surface area (Å²) in [4.78, 5) is 19.1. The average Bonchev–Trinajstić information content (AvgIpc) is 3.50. The summed E-state index contributed by atoms with van der Waals surface area (Å²) in [5, 5.41) is 3.96. The molecule has 1 aliphatic rings. The number of amides is 1. The summed E-state index contributed by atoms with van der Waals surface area (Å²) < 4.78 is 37.8. The Bertz CT molecular complexity index is 1270. The molecule has 2 aromatic carbocycles. The van der Waals surface area contributed by atoms with Crippen LogP contribution in [0.3, 0.4) is 0 Å². The van der Waals surface area contributed by atoms with Gasteiger partial charge in [-0.05, 0) is 54.8 Å². The van der Waals surface area contributed by atoms with E-state index in [1.807, 2.05) is 6.07 Å². The third-order valence-corrected chi connectivity index (χ3v) is 5.76. The number of halogens is 2. The lowest BCUT2D eigenvalue weighted by molar-refractivity contribution is 0.0656. The van der Waals surface area contributed by atoms with Gasteiger partial charge in [0.2, 0.25) is 5.76 Å². The quantitative estimate of drug-likeness (QED) is 0.418. The van der Waals surface area contributed by atoms with Crippen molar-refractivity contribution in [1.82, 2.24) is 15.0 Å². The summed E-state index contributed by atoms with van der Waals surface area (Å²) in [5.41, 5.74) is 1.95. The number of oxazole rings is 1. The maximum Gasteiger partial charge on any atom is 0.292 e. The molecule has 1 amide bonds. The number of hydrogen-bond donors (Lipinski definition) is 0. The molecule has 3 heterocycles. The highest BCUT2D eigenvalue weighted by Crippen LogP contribution is 2.29. The first-order valence-corrected chi connectivity index (χ1v) is 10.8. The van der Waals surface area contributed by atoms with E-state index in [0.29, 0.717) is 42.4 Å². The first-order chi connectivity index (χ1) is 16.0. The average molecular weight is 449 g/mol. The third-order valence-electron chi connectivity index (χ3n) is 5.76. The predicted molar refractivity (Wildman–Crippen MR) is 115 cm³/mol. The molecule has 0 saturated carbocycles. The van der Waals surface area contributed by atoms with Crippen molar-refractivity contribution >= 4 is 5.91 Å². The maximum absolute atomic E-state index is 13.4. The molecule has 168 valence electrons. The molecule has 2 aromatic heterocycles. The van der Waals surface area contributed by atoms with Gasteiger partial charge in [0.1, 0.15) is 23.1 Å². The van der Waals surface area contributed by atoms with E-state index < -0.39 is 0 Å². The molecule has 6 nitrogen and oxygen atoms in total. The van der Waals surface area contributed by atoms with Gasteiger partial charge in [0.15, 0.2) is 5.89 Å². The number of nitrogens with zero attached hydrogens (tertiary/aromatic N) is 3. The SMILES string of the molecule is O=C(c1cc(-c2ccc(F)cc2)no1)N1CCC[C@H](c2ncc(Cc3cccc(F)c3)o2)C1. The summed E-state index contributed by atoms with van der Waals surface area (Å²) >= 11 is 0. The van der Waals surface area contributed by atoms with Crippen LogP contribution in [0.1, 0.15) is 46.5 Å². The summed E-state index contributed by atoms with van der Waals surface area (Å²) in [5.74, 6) is 0.429. The highest BCUT2D eigenvalue weighted by atomic mass is 19.1. The molecular formula is C25H21F2N3O3. The Morgan fingerprint density at radius 2 is 1.94 bits per heavy atom. The fourth-order valence-corrected chi connectivity index (χ4v) is 4.09. The number of carbonyl (C=O) groups is 1. The van der Waals surface area contributed by atoms with Crippen molar-refractivity contribution in [3.63, 3.8) is 0 Å². The lowest BCUT2D eigenvalue weighted by Crippen LogP contribution is -2.39. The number of benzene rings is 2. The van der Waals surface area contributed by atoms with Crippen molar-refractivity contribution in [2.75, 3.05) is 13.1 Å². The Labute approximate surface area is 188 Å². The Morgan fingerprint density at radius 3 is 2.76 bits per heavy atom. The van der Waals surface area contributed by atoms with Gasteiger partial charge < -0.3 is 13.8 Å². The van der Waals surface area contributed by atoms with Gasteiger partial charge in [0, 0.05) is 31.1 Å². The van der Waals surface area contributed by atoms with Crippen molar-refractivity contribution < 1.29 is 22.5 Å². The molecule has 1 aliphatic heterocycles. The Hall–Kier alpha value is -3.81. The smallest absolute Gasteiger partial charge is 0.292 e. The van der Waals surface area contributed by atoms with Gasteiger partial charge in [-0.2, -0.15) is 0 Å². The van der Waals surface area contributed by atoms with Crippen LogP contribution in [0, 0.1) is 11.6 Å². The van der Waals surface area contributed by atoms with E-state index in [-0.39, 0.29) is 29.2 Å². The van der Waals surface area contributed by atoms with Gasteiger partial charge in [-0.25, -0.2) is 13.8 Å². The van der Waals surface area contributed by atoms with Crippen LogP contribution in [0.4, 0.5) is 8.78 Å². The number of hydrogen-bond acceptors (Lipinski definition) is 5. The second-order valence-electron chi connectivity index (χ2n) is 8.15. The normalized spacial score (nSPS) is 16.2. The molecule has 0 aliphatic carbocycles. The fourth-order valence-electron chi connectivity index (χ4n) is 4.09. The van der Waals surface area contributed by atoms with Gasteiger partial charge in [0.25, 0.3) is 5.91 Å². The molecule has 4 aromatic rings. The molecule has 1 saturated heterocycles. The monoisotopic (exact) mass is 449 g/mol. The van der Waals surface area contributed by atoms with Crippen molar-refractivity contribution in [3.05, 3.63) is 95.4 Å². The molecule has 1 fully saturated rings. The maximum atomic E-state index is 13.4. The van der Waals surface area contributed by atoms with E-state index in [4.69, 9.17) is 8.94 Å². The molecule has 33 heavy (non-hydrogen) atoms. The number of likely N-dealkylation sites (tertiary alicyclic amines) is 1. The predicted octanol–water partition coefficient (Wildman–Crippen LogP) is 5.22. The lowest BCUT2D eigenvalue weighted by atomic mass is 9.98. The van der Waals surface area contributed by atoms with Gasteiger partial charge in [-0.3, -0.25) is 4.79 Å². The van der Waals surface area contributed by atoms with Gasteiger partial charge in [-0.15, -0.1) is 0 Å². The Morgan fingerprint density at radius 1 is 1.09 bits per heavy atom. The van der Waals surface area contributed by atoms with Crippen LogP contribution >= 0.6 is 0 Å². The zero-order chi connectivity index (χ0) is 22.8. The van der Waals surface area contributed by atoms with Crippen molar-refractivity contribution in [2.45, 2.75) is 25.2 Å². The minimum Gasteiger partial charge on any atom is -0.445 e. The van der Waals surface area contributed by atoms with Crippen LogP contribution in [0.5, 0.6) is 0 Å². The highest BCUT2D eigenvalue weighted by molar-refractivity contribution is 5.92. The van der Waals surface area contributed by atoms with E-state index in [9.17, 15) is 13.6 Å². The summed E-state index contributed by atoms with van der Waals surface area (Å²) in [6.07, 6.45) is 3.76. The van der Waals surface area contributed by atoms with E-state index in [1.165, 1.54) is 24.3 Å². The van der Waals surface area contributed by atoms with E-state index in [1.54, 1.807) is 35.4 Å². The Balaban J connectivity index is 1.26. The van der Waals surface area contributed by atoms with Crippen LogP contribution in [0.2, 0.25) is 0 Å². The fraction of sp³-hybridized carbons (Fsp3) is 0.240. The van der Waals surface area contributed by atoms with Crippen molar-refractivity contribution in [1.29, 1.82) is 0 Å². The lowest BCUT2D eigenvalue weighted by Gasteiger charge is -2.30. The van der Waals surface area contributed by atoms with E-state index in [2.05, 4.69) is 10.1 Å². The van der Waals surface area contributed by atoms with Gasteiger partial charge >= 0.3 is 0 Å². The molecule has 0 N–H and O–H groups in total. The second kappa shape index (κ2) is 8.97. The van der Waals surface area contributed by atoms with Crippen LogP contribution in [-0.2, 0) is 6.42 Å². The summed E-state index contributed by atoms with van der Waals surface area (Å²) in [7, 11) is 0. The zero-order valence-corrected chi connectivity index (χ0v) is 17.7. The molecule has 1 atom stereocenters. The van der Waals surface area contributed by atoms with E-state index >= 15 is 0 Å². The largest absolute Gasteiger partial charge is 0.445 e. The number of aromatic nitrogens is 2. The van der Waals surface area contributed by atoms with Crippen LogP contribution in [0.25, 0.3) is 11.3 Å². The molecule has 0 radical (unpaired) electrons. The van der Waals surface area contributed by atoms with E-state index in [0.717, 1.165) is 18.4 Å².